The summed E-state index contributed by atoms with van der Waals surface area (Å²) in [5.74, 6) is 2.11. The number of thioether (sulfide) groups is 1. The number of rotatable bonds is 6. The van der Waals surface area contributed by atoms with Crippen LogP contribution in [0.5, 0.6) is 0 Å². The molecule has 5 nitrogen and oxygen atoms in total. The molecule has 2 aromatic rings. The first-order valence-corrected chi connectivity index (χ1v) is 7.81. The van der Waals surface area contributed by atoms with Gasteiger partial charge in [0.15, 0.2) is 5.82 Å². The van der Waals surface area contributed by atoms with Crippen molar-refractivity contribution >= 4 is 17.7 Å². The molecule has 1 aromatic heterocycles. The van der Waals surface area contributed by atoms with E-state index in [1.165, 1.54) is 7.11 Å². The molecule has 0 fully saturated rings. The highest BCUT2D eigenvalue weighted by molar-refractivity contribution is 7.98. The zero-order valence-electron chi connectivity index (χ0n) is 12.3. The van der Waals surface area contributed by atoms with Crippen LogP contribution in [0.15, 0.2) is 28.8 Å². The molecule has 2 rings (SSSR count). The number of benzene rings is 1. The fraction of sp³-hybridized carbons (Fsp3) is 0.400. The van der Waals surface area contributed by atoms with Gasteiger partial charge in [0.1, 0.15) is 0 Å². The quantitative estimate of drug-likeness (QED) is 0.764. The molecule has 1 aromatic carbocycles. The molecule has 21 heavy (non-hydrogen) atoms. The standard InChI is InChI=1S/C15H18N2O3S/c1-10-6-4-5-7-12(10)14-16-13(17-20-14)9-21-8-11(2)15(18)19-3/h4-7,11H,8-9H2,1-3H3/t11-/m1/s1. The van der Waals surface area contributed by atoms with Crippen LogP contribution in [0.2, 0.25) is 0 Å². The number of esters is 1. The molecule has 0 spiro atoms. The maximum absolute atomic E-state index is 11.3. The summed E-state index contributed by atoms with van der Waals surface area (Å²) in [6, 6.07) is 7.88. The van der Waals surface area contributed by atoms with Crippen molar-refractivity contribution in [2.45, 2.75) is 19.6 Å². The Bertz CT molecular complexity index is 612. The van der Waals surface area contributed by atoms with Crippen LogP contribution >= 0.6 is 11.8 Å². The maximum atomic E-state index is 11.3. The van der Waals surface area contributed by atoms with Gasteiger partial charge in [-0.05, 0) is 18.6 Å². The Kier molecular flexibility index (Phi) is 5.38. The van der Waals surface area contributed by atoms with Gasteiger partial charge in [0, 0.05) is 11.3 Å². The molecule has 0 saturated carbocycles. The van der Waals surface area contributed by atoms with Crippen LogP contribution in [0, 0.1) is 12.8 Å². The average molecular weight is 306 g/mol. The van der Waals surface area contributed by atoms with Crippen molar-refractivity contribution in [3.63, 3.8) is 0 Å². The van der Waals surface area contributed by atoms with Gasteiger partial charge >= 0.3 is 5.97 Å². The molecule has 0 aliphatic rings. The summed E-state index contributed by atoms with van der Waals surface area (Å²) in [7, 11) is 1.40. The van der Waals surface area contributed by atoms with Crippen LogP contribution in [0.3, 0.4) is 0 Å². The van der Waals surface area contributed by atoms with E-state index >= 15 is 0 Å². The van der Waals surface area contributed by atoms with Crippen molar-refractivity contribution in [3.05, 3.63) is 35.7 Å². The van der Waals surface area contributed by atoms with Crippen molar-refractivity contribution < 1.29 is 14.1 Å². The number of ether oxygens (including phenoxy) is 1. The largest absolute Gasteiger partial charge is 0.469 e. The predicted octanol–water partition coefficient (Wildman–Crippen LogP) is 3.09. The molecule has 0 aliphatic heterocycles. The monoisotopic (exact) mass is 306 g/mol. The summed E-state index contributed by atoms with van der Waals surface area (Å²) in [5.41, 5.74) is 2.05. The highest BCUT2D eigenvalue weighted by Crippen LogP contribution is 2.22. The Morgan fingerprint density at radius 2 is 2.19 bits per heavy atom. The third kappa shape index (κ3) is 4.07. The molecule has 0 amide bonds. The second kappa shape index (κ2) is 7.26. The van der Waals surface area contributed by atoms with E-state index in [0.717, 1.165) is 11.1 Å². The van der Waals surface area contributed by atoms with E-state index in [1.807, 2.05) is 38.1 Å². The number of hydrogen-bond donors (Lipinski definition) is 0. The number of aromatic nitrogens is 2. The van der Waals surface area contributed by atoms with Gasteiger partial charge in [-0.1, -0.05) is 30.3 Å². The minimum absolute atomic E-state index is 0.136. The normalized spacial score (nSPS) is 12.1. The fourth-order valence-corrected chi connectivity index (χ4v) is 2.74. The lowest BCUT2D eigenvalue weighted by Gasteiger charge is -2.06. The first-order valence-electron chi connectivity index (χ1n) is 6.66. The van der Waals surface area contributed by atoms with Gasteiger partial charge < -0.3 is 9.26 Å². The van der Waals surface area contributed by atoms with E-state index in [-0.39, 0.29) is 11.9 Å². The summed E-state index contributed by atoms with van der Waals surface area (Å²) in [4.78, 5) is 15.7. The van der Waals surface area contributed by atoms with Crippen molar-refractivity contribution in [1.82, 2.24) is 10.1 Å². The molecule has 0 bridgehead atoms. The molecular formula is C15H18N2O3S. The van der Waals surface area contributed by atoms with Gasteiger partial charge in [-0.2, -0.15) is 16.7 Å². The minimum Gasteiger partial charge on any atom is -0.469 e. The third-order valence-electron chi connectivity index (χ3n) is 3.05. The van der Waals surface area contributed by atoms with Crippen molar-refractivity contribution in [2.24, 2.45) is 5.92 Å². The Morgan fingerprint density at radius 1 is 1.43 bits per heavy atom. The third-order valence-corrected chi connectivity index (χ3v) is 4.24. The average Bonchev–Trinajstić information content (AvgIpc) is 2.95. The maximum Gasteiger partial charge on any atom is 0.309 e. The summed E-state index contributed by atoms with van der Waals surface area (Å²) in [6.07, 6.45) is 0. The molecule has 0 radical (unpaired) electrons. The molecule has 6 heteroatoms. The number of carbonyl (C=O) groups excluding carboxylic acids is 1. The highest BCUT2D eigenvalue weighted by atomic mass is 32.2. The topological polar surface area (TPSA) is 65.2 Å². The van der Waals surface area contributed by atoms with E-state index in [1.54, 1.807) is 11.8 Å². The highest BCUT2D eigenvalue weighted by Gasteiger charge is 2.14. The lowest BCUT2D eigenvalue weighted by atomic mass is 10.1. The molecule has 1 atom stereocenters. The van der Waals surface area contributed by atoms with E-state index in [4.69, 9.17) is 4.52 Å². The lowest BCUT2D eigenvalue weighted by molar-refractivity contribution is -0.143. The molecule has 0 unspecified atom stereocenters. The lowest BCUT2D eigenvalue weighted by Crippen LogP contribution is -2.14. The van der Waals surface area contributed by atoms with Crippen molar-refractivity contribution in [2.75, 3.05) is 12.9 Å². The molecule has 0 aliphatic carbocycles. The number of hydrogen-bond acceptors (Lipinski definition) is 6. The fourth-order valence-electron chi connectivity index (χ4n) is 1.83. The van der Waals surface area contributed by atoms with Crippen molar-refractivity contribution in [1.29, 1.82) is 0 Å². The van der Waals surface area contributed by atoms with Crippen LogP contribution in [0.25, 0.3) is 11.5 Å². The van der Waals surface area contributed by atoms with Crippen molar-refractivity contribution in [3.8, 4) is 11.5 Å². The van der Waals surface area contributed by atoms with E-state index < -0.39 is 0 Å². The Labute approximate surface area is 128 Å². The van der Waals surface area contributed by atoms with Crippen LogP contribution < -0.4 is 0 Å². The smallest absolute Gasteiger partial charge is 0.309 e. The van der Waals surface area contributed by atoms with Crippen LogP contribution in [-0.4, -0.2) is 29.0 Å². The molecule has 0 N–H and O–H groups in total. The zero-order chi connectivity index (χ0) is 15.2. The van der Waals surface area contributed by atoms with Gasteiger partial charge in [0.25, 0.3) is 5.89 Å². The Balaban J connectivity index is 1.92. The molecule has 112 valence electrons. The minimum atomic E-state index is -0.198. The van der Waals surface area contributed by atoms with Gasteiger partial charge in [0.05, 0.1) is 18.8 Å². The van der Waals surface area contributed by atoms with Gasteiger partial charge in [0.2, 0.25) is 0 Å². The SMILES string of the molecule is COC(=O)[C@H](C)CSCc1noc(-c2ccccc2C)n1. The number of aryl methyl sites for hydroxylation is 1. The Morgan fingerprint density at radius 3 is 2.90 bits per heavy atom. The summed E-state index contributed by atoms with van der Waals surface area (Å²) in [6.45, 7) is 3.85. The zero-order valence-corrected chi connectivity index (χ0v) is 13.1. The number of nitrogens with zero attached hydrogens (tertiary/aromatic N) is 2. The number of carbonyl (C=O) groups is 1. The van der Waals surface area contributed by atoms with E-state index in [9.17, 15) is 4.79 Å². The number of methoxy groups -OCH3 is 1. The van der Waals surface area contributed by atoms with Crippen LogP contribution in [0.1, 0.15) is 18.3 Å². The summed E-state index contributed by atoms with van der Waals surface area (Å²) in [5, 5.41) is 3.97. The van der Waals surface area contributed by atoms with E-state index in [2.05, 4.69) is 14.9 Å². The van der Waals surface area contributed by atoms with Crippen LogP contribution in [0.4, 0.5) is 0 Å². The first-order chi connectivity index (χ1) is 10.1. The predicted molar refractivity (Wildman–Crippen MR) is 81.8 cm³/mol. The molecule has 0 saturated heterocycles. The van der Waals surface area contributed by atoms with Gasteiger partial charge in [-0.3, -0.25) is 4.79 Å². The second-order valence-electron chi connectivity index (χ2n) is 4.77. The Hall–Kier alpha value is -1.82. The molecular weight excluding hydrogens is 288 g/mol. The second-order valence-corrected chi connectivity index (χ2v) is 5.80. The summed E-state index contributed by atoms with van der Waals surface area (Å²) < 4.78 is 9.98. The van der Waals surface area contributed by atoms with Gasteiger partial charge in [-0.25, -0.2) is 0 Å². The summed E-state index contributed by atoms with van der Waals surface area (Å²) >= 11 is 1.59. The van der Waals surface area contributed by atoms with E-state index in [0.29, 0.717) is 23.2 Å². The van der Waals surface area contributed by atoms with Crippen LogP contribution in [-0.2, 0) is 15.3 Å². The van der Waals surface area contributed by atoms with Gasteiger partial charge in [-0.15, -0.1) is 0 Å². The first kappa shape index (κ1) is 15.6. The molecule has 1 heterocycles.